The van der Waals surface area contributed by atoms with Gasteiger partial charge in [0.05, 0.1) is 18.4 Å². The summed E-state index contributed by atoms with van der Waals surface area (Å²) in [7, 11) is 1.51. The fraction of sp³-hybridized carbons (Fsp3) is 0.129. The molecule has 0 bridgehead atoms. The summed E-state index contributed by atoms with van der Waals surface area (Å²) in [4.78, 5) is 40.0. The van der Waals surface area contributed by atoms with Crippen LogP contribution in [0.5, 0.6) is 5.75 Å². The molecule has 4 rings (SSSR count). The Labute approximate surface area is 215 Å². The van der Waals surface area contributed by atoms with Gasteiger partial charge in [-0.05, 0) is 37.6 Å². The first-order valence-corrected chi connectivity index (χ1v) is 11.8. The molecular weight excluding hydrogens is 466 g/mol. The molecule has 0 aliphatic rings. The molecule has 6 nitrogen and oxygen atoms in total. The molecule has 6 heteroatoms. The first-order chi connectivity index (χ1) is 17.9. The predicted molar refractivity (Wildman–Crippen MR) is 142 cm³/mol. The van der Waals surface area contributed by atoms with Crippen molar-refractivity contribution in [3.8, 4) is 5.75 Å². The van der Waals surface area contributed by atoms with E-state index in [9.17, 15) is 14.4 Å². The van der Waals surface area contributed by atoms with Crippen molar-refractivity contribution >= 4 is 23.3 Å². The molecule has 0 saturated carbocycles. The number of carbonyl (C=O) groups excluding carboxylic acids is 3. The van der Waals surface area contributed by atoms with Crippen LogP contribution in [0, 0.1) is 13.8 Å². The van der Waals surface area contributed by atoms with Gasteiger partial charge in [0.15, 0.2) is 5.78 Å². The predicted octanol–water partition coefficient (Wildman–Crippen LogP) is 6.08. The standard InChI is InChI=1S/C31H27NO5/c1-20-13-16-22(17-14-20)28(33)24-11-7-8-12-25(24)31(35)37-29(23-9-5-4-6-10-23)30(34)32-26-19-21(2)15-18-27(26)36-3/h4-19,29H,1-3H3,(H,32,34)/t29-/m1/s1. The van der Waals surface area contributed by atoms with Crippen LogP contribution in [0.3, 0.4) is 0 Å². The summed E-state index contributed by atoms with van der Waals surface area (Å²) in [6.07, 6.45) is -1.26. The van der Waals surface area contributed by atoms with Gasteiger partial charge in [0.1, 0.15) is 5.75 Å². The van der Waals surface area contributed by atoms with Gasteiger partial charge in [-0.1, -0.05) is 84.4 Å². The second kappa shape index (κ2) is 11.4. The highest BCUT2D eigenvalue weighted by Crippen LogP contribution is 2.28. The molecule has 0 spiro atoms. The minimum atomic E-state index is -1.26. The number of methoxy groups -OCH3 is 1. The highest BCUT2D eigenvalue weighted by Gasteiger charge is 2.28. The quantitative estimate of drug-likeness (QED) is 0.238. The number of amides is 1. The largest absolute Gasteiger partial charge is 0.495 e. The Morgan fingerprint density at radius 2 is 1.35 bits per heavy atom. The lowest BCUT2D eigenvalue weighted by Crippen LogP contribution is -2.26. The molecule has 37 heavy (non-hydrogen) atoms. The number of rotatable bonds is 8. The van der Waals surface area contributed by atoms with Crippen LogP contribution in [-0.4, -0.2) is 24.8 Å². The second-order valence-corrected chi connectivity index (χ2v) is 8.63. The van der Waals surface area contributed by atoms with Crippen LogP contribution in [-0.2, 0) is 9.53 Å². The number of hydrogen-bond donors (Lipinski definition) is 1. The van der Waals surface area contributed by atoms with E-state index in [1.165, 1.54) is 13.2 Å². The van der Waals surface area contributed by atoms with Gasteiger partial charge in [-0.2, -0.15) is 0 Å². The Kier molecular flexibility index (Phi) is 7.79. The van der Waals surface area contributed by atoms with Crippen LogP contribution < -0.4 is 10.1 Å². The van der Waals surface area contributed by atoms with Crippen molar-refractivity contribution < 1.29 is 23.9 Å². The molecule has 1 atom stereocenters. The van der Waals surface area contributed by atoms with Crippen LogP contribution in [0.15, 0.2) is 97.1 Å². The summed E-state index contributed by atoms with van der Waals surface area (Å²) in [5.41, 5.74) is 3.62. The third-order valence-corrected chi connectivity index (χ3v) is 5.88. The van der Waals surface area contributed by atoms with E-state index >= 15 is 0 Å². The van der Waals surface area contributed by atoms with Crippen LogP contribution in [0.2, 0.25) is 0 Å². The number of esters is 1. The molecule has 1 N–H and O–H groups in total. The fourth-order valence-corrected chi connectivity index (χ4v) is 3.91. The first kappa shape index (κ1) is 25.4. The number of carbonyl (C=O) groups is 3. The number of hydrogen-bond acceptors (Lipinski definition) is 5. The Morgan fingerprint density at radius 3 is 2.03 bits per heavy atom. The van der Waals surface area contributed by atoms with Crippen molar-refractivity contribution in [1.82, 2.24) is 0 Å². The maximum Gasteiger partial charge on any atom is 0.340 e. The highest BCUT2D eigenvalue weighted by molar-refractivity contribution is 6.14. The second-order valence-electron chi connectivity index (χ2n) is 8.63. The normalized spacial score (nSPS) is 11.3. The van der Waals surface area contributed by atoms with Crippen molar-refractivity contribution in [2.75, 3.05) is 12.4 Å². The van der Waals surface area contributed by atoms with E-state index in [-0.39, 0.29) is 16.9 Å². The molecule has 0 aliphatic heterocycles. The number of ketones is 1. The zero-order valence-corrected chi connectivity index (χ0v) is 20.9. The zero-order valence-electron chi connectivity index (χ0n) is 20.9. The van der Waals surface area contributed by atoms with E-state index in [2.05, 4.69) is 5.32 Å². The maximum absolute atomic E-state index is 13.4. The van der Waals surface area contributed by atoms with Crippen molar-refractivity contribution in [2.45, 2.75) is 20.0 Å². The number of aryl methyl sites for hydroxylation is 2. The van der Waals surface area contributed by atoms with Gasteiger partial charge in [0, 0.05) is 16.7 Å². The minimum absolute atomic E-state index is 0.0787. The van der Waals surface area contributed by atoms with Gasteiger partial charge in [0.25, 0.3) is 5.91 Å². The SMILES string of the molecule is COc1ccc(C)cc1NC(=O)[C@H](OC(=O)c1ccccc1C(=O)c1ccc(C)cc1)c1ccccc1. The monoisotopic (exact) mass is 493 g/mol. The molecule has 0 fully saturated rings. The fourth-order valence-electron chi connectivity index (χ4n) is 3.91. The van der Waals surface area contributed by atoms with E-state index in [1.807, 2.05) is 32.0 Å². The molecule has 0 aromatic heterocycles. The highest BCUT2D eigenvalue weighted by atomic mass is 16.5. The lowest BCUT2D eigenvalue weighted by molar-refractivity contribution is -0.125. The Hall–Kier alpha value is -4.71. The lowest BCUT2D eigenvalue weighted by Gasteiger charge is -2.20. The van der Waals surface area contributed by atoms with Crippen molar-refractivity contribution in [3.05, 3.63) is 130 Å². The summed E-state index contributed by atoms with van der Waals surface area (Å²) in [6, 6.07) is 27.7. The van der Waals surface area contributed by atoms with Crippen LogP contribution >= 0.6 is 0 Å². The van der Waals surface area contributed by atoms with E-state index in [4.69, 9.17) is 9.47 Å². The molecule has 186 valence electrons. The number of ether oxygens (including phenoxy) is 2. The molecule has 4 aromatic rings. The van der Waals surface area contributed by atoms with E-state index < -0.39 is 18.0 Å². The summed E-state index contributed by atoms with van der Waals surface area (Å²) in [6.45, 7) is 3.83. The van der Waals surface area contributed by atoms with Crippen molar-refractivity contribution in [1.29, 1.82) is 0 Å². The topological polar surface area (TPSA) is 81.7 Å². The molecule has 4 aromatic carbocycles. The van der Waals surface area contributed by atoms with E-state index in [1.54, 1.807) is 72.8 Å². The van der Waals surface area contributed by atoms with Crippen molar-refractivity contribution in [2.24, 2.45) is 0 Å². The summed E-state index contributed by atoms with van der Waals surface area (Å²) in [5, 5.41) is 2.82. The number of benzene rings is 4. The van der Waals surface area contributed by atoms with Gasteiger partial charge < -0.3 is 14.8 Å². The van der Waals surface area contributed by atoms with Gasteiger partial charge in [-0.3, -0.25) is 9.59 Å². The number of anilines is 1. The van der Waals surface area contributed by atoms with Crippen LogP contribution in [0.1, 0.15) is 49.1 Å². The molecule has 0 saturated heterocycles. The van der Waals surface area contributed by atoms with Gasteiger partial charge in [-0.25, -0.2) is 4.79 Å². The zero-order chi connectivity index (χ0) is 26.4. The summed E-state index contributed by atoms with van der Waals surface area (Å²) in [5.74, 6) is -1.16. The maximum atomic E-state index is 13.4. The van der Waals surface area contributed by atoms with E-state index in [0.717, 1.165) is 11.1 Å². The molecule has 1 amide bonds. The molecule has 0 radical (unpaired) electrons. The number of nitrogens with one attached hydrogen (secondary N) is 1. The van der Waals surface area contributed by atoms with Crippen LogP contribution in [0.4, 0.5) is 5.69 Å². The Balaban J connectivity index is 1.65. The first-order valence-electron chi connectivity index (χ1n) is 11.8. The lowest BCUT2D eigenvalue weighted by atomic mass is 9.97. The Bertz CT molecular complexity index is 1430. The van der Waals surface area contributed by atoms with Gasteiger partial charge in [-0.15, -0.1) is 0 Å². The summed E-state index contributed by atoms with van der Waals surface area (Å²) >= 11 is 0. The average molecular weight is 494 g/mol. The van der Waals surface area contributed by atoms with Gasteiger partial charge in [0.2, 0.25) is 6.10 Å². The molecule has 0 unspecified atom stereocenters. The Morgan fingerprint density at radius 1 is 0.730 bits per heavy atom. The molecular formula is C31H27NO5. The average Bonchev–Trinajstić information content (AvgIpc) is 2.92. The summed E-state index contributed by atoms with van der Waals surface area (Å²) < 4.78 is 11.1. The molecule has 0 aliphatic carbocycles. The third-order valence-electron chi connectivity index (χ3n) is 5.88. The van der Waals surface area contributed by atoms with Crippen LogP contribution in [0.25, 0.3) is 0 Å². The smallest absolute Gasteiger partial charge is 0.340 e. The van der Waals surface area contributed by atoms with Gasteiger partial charge >= 0.3 is 5.97 Å². The third kappa shape index (κ3) is 5.93. The van der Waals surface area contributed by atoms with Crippen molar-refractivity contribution in [3.63, 3.8) is 0 Å². The van der Waals surface area contributed by atoms with E-state index in [0.29, 0.717) is 22.6 Å². The minimum Gasteiger partial charge on any atom is -0.495 e. The molecule has 0 heterocycles.